The first-order valence-electron chi connectivity index (χ1n) is 7.97. The van der Waals surface area contributed by atoms with Gasteiger partial charge in [0.1, 0.15) is 17.2 Å². The van der Waals surface area contributed by atoms with Crippen LogP contribution in [0.2, 0.25) is 0 Å². The monoisotopic (exact) mass is 371 g/mol. The Hall–Kier alpha value is -2.74. The minimum absolute atomic E-state index is 0.184. The fourth-order valence-corrected chi connectivity index (χ4v) is 3.14. The van der Waals surface area contributed by atoms with Gasteiger partial charge in [-0.1, -0.05) is 11.8 Å². The molecule has 3 aromatic rings. The zero-order chi connectivity index (χ0) is 18.7. The second-order valence-corrected chi connectivity index (χ2v) is 6.85. The number of benzene rings is 1. The van der Waals surface area contributed by atoms with Gasteiger partial charge in [0.15, 0.2) is 5.82 Å². The van der Waals surface area contributed by atoms with E-state index in [1.54, 1.807) is 23.7 Å². The van der Waals surface area contributed by atoms with Gasteiger partial charge in [0.25, 0.3) is 0 Å². The Kier molecular flexibility index (Phi) is 5.32. The molecule has 0 spiro atoms. The van der Waals surface area contributed by atoms with Gasteiger partial charge in [0.05, 0.1) is 11.4 Å². The summed E-state index contributed by atoms with van der Waals surface area (Å²) in [6.45, 7) is 5.62. The van der Waals surface area contributed by atoms with E-state index in [1.165, 1.54) is 30.2 Å². The maximum atomic E-state index is 13.1. The summed E-state index contributed by atoms with van der Waals surface area (Å²) in [6.07, 6.45) is 1.45. The molecule has 0 aliphatic heterocycles. The van der Waals surface area contributed by atoms with Crippen molar-refractivity contribution in [2.45, 2.75) is 25.8 Å². The maximum absolute atomic E-state index is 13.1. The number of carbonyl (C=O) groups is 1. The van der Waals surface area contributed by atoms with Crippen molar-refractivity contribution in [1.29, 1.82) is 0 Å². The molecule has 2 heterocycles. The summed E-state index contributed by atoms with van der Waals surface area (Å²) in [6, 6.07) is 8.02. The van der Waals surface area contributed by atoms with Gasteiger partial charge in [0, 0.05) is 17.4 Å². The molecular weight excluding hydrogens is 353 g/mol. The Bertz CT molecular complexity index is 957. The first-order valence-corrected chi connectivity index (χ1v) is 8.95. The predicted molar refractivity (Wildman–Crippen MR) is 99.1 cm³/mol. The molecule has 26 heavy (non-hydrogen) atoms. The van der Waals surface area contributed by atoms with Gasteiger partial charge >= 0.3 is 0 Å². The predicted octanol–water partition coefficient (Wildman–Crippen LogP) is 3.46. The Morgan fingerprint density at radius 3 is 2.69 bits per heavy atom. The van der Waals surface area contributed by atoms with Crippen LogP contribution in [0.25, 0.3) is 5.82 Å². The van der Waals surface area contributed by atoms with E-state index in [2.05, 4.69) is 20.4 Å². The average Bonchev–Trinajstić information content (AvgIpc) is 2.94. The fourth-order valence-electron chi connectivity index (χ4n) is 2.48. The van der Waals surface area contributed by atoms with Crippen molar-refractivity contribution >= 4 is 23.4 Å². The molecule has 0 radical (unpaired) electrons. The highest BCUT2D eigenvalue weighted by Gasteiger charge is 2.10. The summed E-state index contributed by atoms with van der Waals surface area (Å²) >= 11 is 1.30. The van der Waals surface area contributed by atoms with Crippen molar-refractivity contribution < 1.29 is 9.18 Å². The van der Waals surface area contributed by atoms with Crippen LogP contribution >= 0.6 is 11.8 Å². The number of carbonyl (C=O) groups excluding carboxylic acids is 1. The van der Waals surface area contributed by atoms with Crippen molar-refractivity contribution in [3.05, 3.63) is 59.4 Å². The van der Waals surface area contributed by atoms with E-state index in [1.807, 2.05) is 19.9 Å². The molecule has 0 aliphatic rings. The van der Waals surface area contributed by atoms with Crippen LogP contribution in [-0.2, 0) is 4.79 Å². The Morgan fingerprint density at radius 1 is 1.19 bits per heavy atom. The van der Waals surface area contributed by atoms with E-state index in [4.69, 9.17) is 0 Å². The number of thioether (sulfide) groups is 1. The lowest BCUT2D eigenvalue weighted by molar-refractivity contribution is -0.113. The van der Waals surface area contributed by atoms with Crippen molar-refractivity contribution in [1.82, 2.24) is 19.7 Å². The summed E-state index contributed by atoms with van der Waals surface area (Å²) in [5.41, 5.74) is 3.16. The lowest BCUT2D eigenvalue weighted by Gasteiger charge is -2.08. The molecule has 1 aromatic carbocycles. The minimum atomic E-state index is -0.326. The molecule has 0 fully saturated rings. The highest BCUT2D eigenvalue weighted by atomic mass is 32.2. The van der Waals surface area contributed by atoms with Gasteiger partial charge in [-0.15, -0.1) is 0 Å². The summed E-state index contributed by atoms with van der Waals surface area (Å²) < 4.78 is 14.9. The van der Waals surface area contributed by atoms with Crippen molar-refractivity contribution in [2.75, 3.05) is 11.1 Å². The molecule has 6 nitrogen and oxygen atoms in total. The molecule has 1 N–H and O–H groups in total. The Morgan fingerprint density at radius 2 is 2.00 bits per heavy atom. The van der Waals surface area contributed by atoms with Crippen molar-refractivity contribution in [2.24, 2.45) is 0 Å². The number of hydrogen-bond donors (Lipinski definition) is 1. The van der Waals surface area contributed by atoms with Gasteiger partial charge in [-0.25, -0.2) is 19.0 Å². The van der Waals surface area contributed by atoms with Crippen LogP contribution in [0.4, 0.5) is 10.1 Å². The molecule has 3 rings (SSSR count). The third kappa shape index (κ3) is 4.26. The molecule has 0 bridgehead atoms. The molecule has 0 atom stereocenters. The molecule has 0 saturated carbocycles. The molecule has 8 heteroatoms. The van der Waals surface area contributed by atoms with Crippen LogP contribution in [0.15, 0.2) is 41.7 Å². The van der Waals surface area contributed by atoms with E-state index >= 15 is 0 Å². The lowest BCUT2D eigenvalue weighted by Crippen LogP contribution is -2.15. The maximum Gasteiger partial charge on any atom is 0.234 e. The normalized spacial score (nSPS) is 10.8. The molecule has 0 unspecified atom stereocenters. The number of aromatic nitrogens is 4. The quantitative estimate of drug-likeness (QED) is 0.549. The summed E-state index contributed by atoms with van der Waals surface area (Å²) in [7, 11) is 0. The standard InChI is InChI=1S/C18H18FN5OS/c1-11-6-14(19)4-5-15(11)22-17(25)9-26-18-8-16(20-10-21-18)24-13(3)7-12(2)23-24/h4-8,10H,9H2,1-3H3,(H,22,25). The Balaban J connectivity index is 1.65. The molecule has 1 amide bonds. The summed E-state index contributed by atoms with van der Waals surface area (Å²) in [4.78, 5) is 20.6. The lowest BCUT2D eigenvalue weighted by atomic mass is 10.2. The van der Waals surface area contributed by atoms with Crippen molar-refractivity contribution in [3.63, 3.8) is 0 Å². The van der Waals surface area contributed by atoms with E-state index in [9.17, 15) is 9.18 Å². The van der Waals surface area contributed by atoms with Gasteiger partial charge < -0.3 is 5.32 Å². The first kappa shape index (κ1) is 18.1. The van der Waals surface area contributed by atoms with E-state index in [-0.39, 0.29) is 17.5 Å². The number of nitrogens with one attached hydrogen (secondary N) is 1. The van der Waals surface area contributed by atoms with Crippen LogP contribution in [0.5, 0.6) is 0 Å². The van der Waals surface area contributed by atoms with Crippen LogP contribution in [0.3, 0.4) is 0 Å². The fraction of sp³-hybridized carbons (Fsp3) is 0.222. The van der Waals surface area contributed by atoms with Gasteiger partial charge in [-0.05, 0) is 50.6 Å². The van der Waals surface area contributed by atoms with Crippen LogP contribution in [0.1, 0.15) is 17.0 Å². The summed E-state index contributed by atoms with van der Waals surface area (Å²) in [5, 5.41) is 7.85. The zero-order valence-electron chi connectivity index (χ0n) is 14.7. The number of aryl methyl sites for hydroxylation is 3. The molecule has 0 saturated heterocycles. The Labute approximate surface area is 154 Å². The minimum Gasteiger partial charge on any atom is -0.325 e. The highest BCUT2D eigenvalue weighted by Crippen LogP contribution is 2.20. The van der Waals surface area contributed by atoms with Gasteiger partial charge in [0.2, 0.25) is 5.91 Å². The zero-order valence-corrected chi connectivity index (χ0v) is 15.5. The van der Waals surface area contributed by atoms with E-state index in [0.717, 1.165) is 11.4 Å². The second kappa shape index (κ2) is 7.65. The summed E-state index contributed by atoms with van der Waals surface area (Å²) in [5.74, 6) is 0.330. The second-order valence-electron chi connectivity index (χ2n) is 5.85. The molecule has 134 valence electrons. The molecular formula is C18H18FN5OS. The smallest absolute Gasteiger partial charge is 0.234 e. The van der Waals surface area contributed by atoms with Gasteiger partial charge in [-0.2, -0.15) is 5.10 Å². The number of rotatable bonds is 5. The topological polar surface area (TPSA) is 72.7 Å². The van der Waals surface area contributed by atoms with Crippen molar-refractivity contribution in [3.8, 4) is 5.82 Å². The third-order valence-corrected chi connectivity index (χ3v) is 4.59. The number of amides is 1. The number of hydrogen-bond acceptors (Lipinski definition) is 5. The SMILES string of the molecule is Cc1cc(C)n(-c2cc(SCC(=O)Nc3ccc(F)cc3C)ncn2)n1. The number of anilines is 1. The van der Waals surface area contributed by atoms with Gasteiger partial charge in [-0.3, -0.25) is 4.79 Å². The highest BCUT2D eigenvalue weighted by molar-refractivity contribution is 7.99. The number of halogens is 1. The van der Waals surface area contributed by atoms with E-state index in [0.29, 0.717) is 22.1 Å². The first-order chi connectivity index (χ1) is 12.4. The van der Waals surface area contributed by atoms with Crippen LogP contribution in [0, 0.1) is 26.6 Å². The number of nitrogens with zero attached hydrogens (tertiary/aromatic N) is 4. The van der Waals surface area contributed by atoms with Crippen LogP contribution in [-0.4, -0.2) is 31.4 Å². The average molecular weight is 371 g/mol. The largest absolute Gasteiger partial charge is 0.325 e. The van der Waals surface area contributed by atoms with Crippen LogP contribution < -0.4 is 5.32 Å². The third-order valence-electron chi connectivity index (χ3n) is 3.67. The molecule has 0 aliphatic carbocycles. The molecule has 2 aromatic heterocycles. The van der Waals surface area contributed by atoms with E-state index < -0.39 is 0 Å².